The summed E-state index contributed by atoms with van der Waals surface area (Å²) in [6, 6.07) is 0. The number of unbranched alkanes of at least 4 members (excludes halogenated alkanes) is 1. The summed E-state index contributed by atoms with van der Waals surface area (Å²) in [6.07, 6.45) is 3.72. The number of hydrogen-bond acceptors (Lipinski definition) is 1. The van der Waals surface area contributed by atoms with E-state index in [2.05, 4.69) is 19.2 Å². The van der Waals surface area contributed by atoms with Crippen molar-refractivity contribution in [2.75, 3.05) is 6.54 Å². The van der Waals surface area contributed by atoms with Crippen molar-refractivity contribution in [2.24, 2.45) is 5.92 Å². The molecule has 66 valence electrons. The normalized spacial score (nSPS) is 12.6. The van der Waals surface area contributed by atoms with Crippen LogP contribution in [0.25, 0.3) is 0 Å². The maximum atomic E-state index is 10.5. The van der Waals surface area contributed by atoms with Crippen LogP contribution in [0.5, 0.6) is 0 Å². The molecule has 0 spiro atoms. The molecule has 0 aromatic heterocycles. The molecular weight excluding hydrogens is 138 g/mol. The van der Waals surface area contributed by atoms with Crippen LogP contribution in [0.15, 0.2) is 0 Å². The molecule has 0 radical (unpaired) electrons. The van der Waals surface area contributed by atoms with Crippen molar-refractivity contribution in [2.45, 2.75) is 40.0 Å². The van der Waals surface area contributed by atoms with Gasteiger partial charge in [-0.2, -0.15) is 0 Å². The topological polar surface area (TPSA) is 29.1 Å². The zero-order chi connectivity index (χ0) is 8.69. The lowest BCUT2D eigenvalue weighted by molar-refractivity contribution is -0.119. The minimum Gasteiger partial charge on any atom is -0.356 e. The van der Waals surface area contributed by atoms with Crippen LogP contribution < -0.4 is 5.32 Å². The van der Waals surface area contributed by atoms with Crippen molar-refractivity contribution in [1.29, 1.82) is 0 Å². The van der Waals surface area contributed by atoms with Crippen molar-refractivity contribution in [3.05, 3.63) is 0 Å². The molecule has 0 heterocycles. The summed E-state index contributed by atoms with van der Waals surface area (Å²) in [6.45, 7) is 6.75. The van der Waals surface area contributed by atoms with E-state index < -0.39 is 0 Å². The van der Waals surface area contributed by atoms with Crippen LogP contribution in [-0.2, 0) is 4.79 Å². The van der Waals surface area contributed by atoms with E-state index in [9.17, 15) is 4.79 Å². The summed E-state index contributed by atoms with van der Waals surface area (Å²) < 4.78 is 0. The second-order valence-corrected chi connectivity index (χ2v) is 3.18. The molecule has 11 heavy (non-hydrogen) atoms. The second kappa shape index (κ2) is 6.20. The molecule has 0 aromatic carbocycles. The molecule has 0 aromatic rings. The van der Waals surface area contributed by atoms with E-state index >= 15 is 0 Å². The molecule has 1 atom stereocenters. The zero-order valence-corrected chi connectivity index (χ0v) is 7.81. The fourth-order valence-corrected chi connectivity index (χ4v) is 0.973. The van der Waals surface area contributed by atoms with E-state index in [-0.39, 0.29) is 5.91 Å². The first-order valence-electron chi connectivity index (χ1n) is 4.41. The number of hydrogen-bond donors (Lipinski definition) is 1. The smallest absolute Gasteiger partial charge is 0.216 e. The first kappa shape index (κ1) is 10.5. The quantitative estimate of drug-likeness (QED) is 0.649. The molecule has 2 heteroatoms. The van der Waals surface area contributed by atoms with Gasteiger partial charge in [0.1, 0.15) is 0 Å². The molecule has 0 unspecified atom stereocenters. The second-order valence-electron chi connectivity index (χ2n) is 3.18. The summed E-state index contributed by atoms with van der Waals surface area (Å²) in [5.74, 6) is 0.701. The average molecular weight is 157 g/mol. The monoisotopic (exact) mass is 157 g/mol. The van der Waals surface area contributed by atoms with E-state index in [0.29, 0.717) is 5.92 Å². The molecule has 0 fully saturated rings. The van der Waals surface area contributed by atoms with Gasteiger partial charge in [-0.15, -0.1) is 0 Å². The average Bonchev–Trinajstić information content (AvgIpc) is 1.97. The Hall–Kier alpha value is -0.530. The minimum atomic E-state index is 0.0772. The van der Waals surface area contributed by atoms with Gasteiger partial charge in [-0.05, 0) is 12.3 Å². The third kappa shape index (κ3) is 7.37. The highest BCUT2D eigenvalue weighted by Crippen LogP contribution is 2.05. The van der Waals surface area contributed by atoms with Gasteiger partial charge in [0.2, 0.25) is 5.91 Å². The molecule has 1 N–H and O–H groups in total. The van der Waals surface area contributed by atoms with Crippen LogP contribution in [0.1, 0.15) is 40.0 Å². The van der Waals surface area contributed by atoms with Crippen molar-refractivity contribution in [1.82, 2.24) is 5.32 Å². The Morgan fingerprint density at radius 3 is 2.64 bits per heavy atom. The fraction of sp³-hybridized carbons (Fsp3) is 0.889. The van der Waals surface area contributed by atoms with E-state index in [1.165, 1.54) is 19.3 Å². The molecule has 0 aliphatic carbocycles. The number of nitrogens with one attached hydrogen (secondary N) is 1. The van der Waals surface area contributed by atoms with Gasteiger partial charge >= 0.3 is 0 Å². The molecule has 0 saturated carbocycles. The largest absolute Gasteiger partial charge is 0.356 e. The molecule has 0 bridgehead atoms. The number of carbonyl (C=O) groups is 1. The Bertz CT molecular complexity index is 112. The molecule has 0 rings (SSSR count). The van der Waals surface area contributed by atoms with Gasteiger partial charge in [0.15, 0.2) is 0 Å². The van der Waals surface area contributed by atoms with E-state index in [0.717, 1.165) is 6.54 Å². The summed E-state index contributed by atoms with van der Waals surface area (Å²) >= 11 is 0. The highest BCUT2D eigenvalue weighted by atomic mass is 16.1. The van der Waals surface area contributed by atoms with Gasteiger partial charge in [-0.25, -0.2) is 0 Å². The van der Waals surface area contributed by atoms with Crippen molar-refractivity contribution >= 4 is 5.91 Å². The molecule has 0 saturated heterocycles. The van der Waals surface area contributed by atoms with Gasteiger partial charge in [-0.3, -0.25) is 4.79 Å². The SMILES string of the molecule is CCCC[C@H](C)CNC(C)=O. The van der Waals surface area contributed by atoms with Crippen LogP contribution in [-0.4, -0.2) is 12.5 Å². The van der Waals surface area contributed by atoms with Gasteiger partial charge in [-0.1, -0.05) is 26.7 Å². The Morgan fingerprint density at radius 2 is 2.18 bits per heavy atom. The van der Waals surface area contributed by atoms with E-state index in [1.54, 1.807) is 6.92 Å². The van der Waals surface area contributed by atoms with Crippen LogP contribution in [0.2, 0.25) is 0 Å². The molecule has 0 aliphatic rings. The molecule has 0 aliphatic heterocycles. The lowest BCUT2D eigenvalue weighted by atomic mass is 10.0. The fourth-order valence-electron chi connectivity index (χ4n) is 0.973. The lowest BCUT2D eigenvalue weighted by Gasteiger charge is -2.10. The maximum Gasteiger partial charge on any atom is 0.216 e. The third-order valence-electron chi connectivity index (χ3n) is 1.75. The van der Waals surface area contributed by atoms with Gasteiger partial charge in [0.05, 0.1) is 0 Å². The van der Waals surface area contributed by atoms with Crippen molar-refractivity contribution in [3.63, 3.8) is 0 Å². The number of rotatable bonds is 5. The summed E-state index contributed by atoms with van der Waals surface area (Å²) in [7, 11) is 0. The maximum absolute atomic E-state index is 10.5. The van der Waals surface area contributed by atoms with E-state index in [1.807, 2.05) is 0 Å². The summed E-state index contributed by atoms with van der Waals surface area (Å²) in [5, 5.41) is 2.82. The first-order chi connectivity index (χ1) is 5.16. The van der Waals surface area contributed by atoms with Gasteiger partial charge in [0.25, 0.3) is 0 Å². The zero-order valence-electron chi connectivity index (χ0n) is 7.81. The van der Waals surface area contributed by atoms with Gasteiger partial charge < -0.3 is 5.32 Å². The predicted octanol–water partition coefficient (Wildman–Crippen LogP) is 1.95. The molecule has 1 amide bonds. The summed E-state index contributed by atoms with van der Waals surface area (Å²) in [5.41, 5.74) is 0. The first-order valence-corrected chi connectivity index (χ1v) is 4.41. The Kier molecular flexibility index (Phi) is 5.90. The molecular formula is C9H19NO. The Labute approximate surface area is 69.4 Å². The Balaban J connectivity index is 3.22. The lowest BCUT2D eigenvalue weighted by Crippen LogP contribution is -2.25. The van der Waals surface area contributed by atoms with Crippen LogP contribution in [0.3, 0.4) is 0 Å². The Morgan fingerprint density at radius 1 is 1.55 bits per heavy atom. The standard InChI is InChI=1S/C9H19NO/c1-4-5-6-8(2)7-10-9(3)11/h8H,4-7H2,1-3H3,(H,10,11)/t8-/m0/s1. The van der Waals surface area contributed by atoms with Crippen LogP contribution in [0.4, 0.5) is 0 Å². The summed E-state index contributed by atoms with van der Waals surface area (Å²) in [4.78, 5) is 10.5. The van der Waals surface area contributed by atoms with Crippen molar-refractivity contribution in [3.8, 4) is 0 Å². The highest BCUT2D eigenvalue weighted by Gasteiger charge is 2.00. The van der Waals surface area contributed by atoms with Crippen LogP contribution in [0, 0.1) is 5.92 Å². The minimum absolute atomic E-state index is 0.0772. The highest BCUT2D eigenvalue weighted by molar-refractivity contribution is 5.72. The van der Waals surface area contributed by atoms with Gasteiger partial charge in [0, 0.05) is 13.5 Å². The number of amides is 1. The third-order valence-corrected chi connectivity index (χ3v) is 1.75. The molecule has 2 nitrogen and oxygen atoms in total. The van der Waals surface area contributed by atoms with Crippen molar-refractivity contribution < 1.29 is 4.79 Å². The predicted molar refractivity (Wildman–Crippen MR) is 47.4 cm³/mol. The van der Waals surface area contributed by atoms with Crippen LogP contribution >= 0.6 is 0 Å². The number of carbonyl (C=O) groups excluding carboxylic acids is 1. The van der Waals surface area contributed by atoms with E-state index in [4.69, 9.17) is 0 Å².